The third kappa shape index (κ3) is 4.37. The summed E-state index contributed by atoms with van der Waals surface area (Å²) in [7, 11) is 0. The van der Waals surface area contributed by atoms with E-state index < -0.39 is 0 Å². The van der Waals surface area contributed by atoms with Crippen LogP contribution in [0.15, 0.2) is 77.4 Å². The molecule has 0 atom stereocenters. The fourth-order valence-corrected chi connectivity index (χ4v) is 4.56. The highest BCUT2D eigenvalue weighted by atomic mass is 35.5. The van der Waals surface area contributed by atoms with Crippen molar-refractivity contribution in [3.63, 3.8) is 0 Å². The van der Waals surface area contributed by atoms with Gasteiger partial charge < -0.3 is 9.32 Å². The molecule has 1 aliphatic rings. The molecular weight excluding hydrogens is 442 g/mol. The maximum absolute atomic E-state index is 6.39. The lowest BCUT2D eigenvalue weighted by atomic mass is 10.2. The minimum atomic E-state index is 0.644. The van der Waals surface area contributed by atoms with Crippen LogP contribution in [-0.4, -0.2) is 45.4 Å². The maximum Gasteiger partial charge on any atom is 0.199 e. The predicted octanol–water partition coefficient (Wildman–Crippen LogP) is 5.16. The monoisotopic (exact) mass is 465 g/mol. The first-order valence-corrected chi connectivity index (χ1v) is 11.4. The maximum atomic E-state index is 6.39. The highest BCUT2D eigenvalue weighted by molar-refractivity contribution is 7.71. The lowest BCUT2D eigenvalue weighted by molar-refractivity contribution is 0.194. The fourth-order valence-electron chi connectivity index (χ4n) is 4.06. The molecule has 164 valence electrons. The Morgan fingerprint density at radius 1 is 0.906 bits per heavy atom. The van der Waals surface area contributed by atoms with Crippen molar-refractivity contribution < 1.29 is 4.42 Å². The summed E-state index contributed by atoms with van der Waals surface area (Å²) in [6.07, 6.45) is 1.66. The van der Waals surface area contributed by atoms with Gasteiger partial charge in [0.1, 0.15) is 0 Å². The van der Waals surface area contributed by atoms with Crippen LogP contribution >= 0.6 is 23.8 Å². The van der Waals surface area contributed by atoms with Crippen LogP contribution in [0.25, 0.3) is 11.6 Å². The van der Waals surface area contributed by atoms with Gasteiger partial charge in [-0.3, -0.25) is 9.47 Å². The van der Waals surface area contributed by atoms with Crippen LogP contribution in [0.1, 0.15) is 5.56 Å². The number of nitrogens with zero attached hydrogens (tertiary/aromatic N) is 5. The zero-order chi connectivity index (χ0) is 21.9. The number of hydrogen-bond donors (Lipinski definition) is 0. The van der Waals surface area contributed by atoms with Gasteiger partial charge in [-0.1, -0.05) is 54.1 Å². The molecule has 3 heterocycles. The first-order valence-electron chi connectivity index (χ1n) is 10.7. The van der Waals surface area contributed by atoms with Crippen LogP contribution in [0.2, 0.25) is 5.02 Å². The van der Waals surface area contributed by atoms with Crippen LogP contribution in [-0.2, 0) is 13.2 Å². The number of anilines is 1. The molecule has 0 N–H and O–H groups in total. The molecule has 0 spiro atoms. The quantitative estimate of drug-likeness (QED) is 0.368. The fraction of sp³-hybridized carbons (Fsp3) is 0.250. The van der Waals surface area contributed by atoms with Crippen LogP contribution < -0.4 is 4.90 Å². The number of hydrogen-bond acceptors (Lipinski definition) is 5. The van der Waals surface area contributed by atoms with E-state index in [-0.39, 0.29) is 0 Å². The summed E-state index contributed by atoms with van der Waals surface area (Å²) in [4.78, 5) is 4.70. The second kappa shape index (κ2) is 9.32. The third-order valence-electron chi connectivity index (χ3n) is 5.75. The van der Waals surface area contributed by atoms with Crippen molar-refractivity contribution in [3.05, 3.63) is 88.4 Å². The summed E-state index contributed by atoms with van der Waals surface area (Å²) in [5.74, 6) is 1.47. The zero-order valence-corrected chi connectivity index (χ0v) is 19.2. The molecule has 0 radical (unpaired) electrons. The largest absolute Gasteiger partial charge is 0.461 e. The molecule has 6 nitrogen and oxygen atoms in total. The molecule has 0 amide bonds. The summed E-state index contributed by atoms with van der Waals surface area (Å²) < 4.78 is 10.3. The average molecular weight is 466 g/mol. The zero-order valence-electron chi connectivity index (χ0n) is 17.6. The van der Waals surface area contributed by atoms with Crippen LogP contribution in [0, 0.1) is 4.77 Å². The molecule has 1 saturated heterocycles. The highest BCUT2D eigenvalue weighted by Gasteiger charge is 2.21. The highest BCUT2D eigenvalue weighted by Crippen LogP contribution is 2.26. The minimum absolute atomic E-state index is 0.644. The van der Waals surface area contributed by atoms with E-state index in [1.165, 1.54) is 5.56 Å². The molecular formula is C24H24ClN5OS. The molecule has 1 fully saturated rings. The smallest absolute Gasteiger partial charge is 0.199 e. The molecule has 0 aliphatic carbocycles. The molecule has 2 aromatic carbocycles. The van der Waals surface area contributed by atoms with E-state index in [0.717, 1.165) is 42.7 Å². The Morgan fingerprint density at radius 3 is 2.38 bits per heavy atom. The second-order valence-electron chi connectivity index (χ2n) is 7.85. The van der Waals surface area contributed by atoms with E-state index >= 15 is 0 Å². The van der Waals surface area contributed by atoms with Crippen molar-refractivity contribution in [1.29, 1.82) is 0 Å². The first kappa shape index (κ1) is 21.0. The van der Waals surface area contributed by atoms with Crippen molar-refractivity contribution >= 4 is 29.5 Å². The number of benzene rings is 2. The van der Waals surface area contributed by atoms with E-state index in [1.54, 1.807) is 6.26 Å². The third-order valence-corrected chi connectivity index (χ3v) is 6.50. The van der Waals surface area contributed by atoms with Gasteiger partial charge >= 0.3 is 0 Å². The SMILES string of the molecule is S=c1n(CN2CCN(c3ccccc3Cl)CC2)nc(-c2ccco2)n1Cc1ccccc1. The normalized spacial score (nSPS) is 14.7. The minimum Gasteiger partial charge on any atom is -0.461 e. The van der Waals surface area contributed by atoms with Crippen LogP contribution in [0.3, 0.4) is 0 Å². The van der Waals surface area contributed by atoms with Gasteiger partial charge in [0.2, 0.25) is 0 Å². The first-order chi connectivity index (χ1) is 15.7. The van der Waals surface area contributed by atoms with Crippen molar-refractivity contribution in [2.24, 2.45) is 0 Å². The summed E-state index contributed by atoms with van der Waals surface area (Å²) in [5.41, 5.74) is 2.27. The number of aromatic nitrogens is 3. The number of halogens is 1. The molecule has 2 aromatic heterocycles. The van der Waals surface area contributed by atoms with E-state index in [0.29, 0.717) is 23.7 Å². The Hall–Kier alpha value is -2.87. The van der Waals surface area contributed by atoms with Crippen molar-refractivity contribution in [2.45, 2.75) is 13.2 Å². The molecule has 0 unspecified atom stereocenters. The number of rotatable bonds is 6. The van der Waals surface area contributed by atoms with Gasteiger partial charge in [0.25, 0.3) is 0 Å². The van der Waals surface area contributed by atoms with E-state index in [2.05, 4.69) is 28.0 Å². The molecule has 32 heavy (non-hydrogen) atoms. The Labute approximate surface area is 197 Å². The van der Waals surface area contributed by atoms with Crippen LogP contribution in [0.5, 0.6) is 0 Å². The van der Waals surface area contributed by atoms with Gasteiger partial charge in [-0.05, 0) is 42.0 Å². The van der Waals surface area contributed by atoms with Gasteiger partial charge in [-0.2, -0.15) is 0 Å². The lowest BCUT2D eigenvalue weighted by Crippen LogP contribution is -2.47. The Morgan fingerprint density at radius 2 is 1.66 bits per heavy atom. The Kier molecular flexibility index (Phi) is 6.12. The summed E-state index contributed by atoms with van der Waals surface area (Å²) in [6.45, 7) is 4.93. The molecule has 8 heteroatoms. The van der Waals surface area contributed by atoms with Gasteiger partial charge in [0.05, 0.1) is 30.2 Å². The average Bonchev–Trinajstić information content (AvgIpc) is 3.45. The van der Waals surface area contributed by atoms with E-state index in [1.807, 2.05) is 57.8 Å². The van der Waals surface area contributed by atoms with Crippen molar-refractivity contribution in [1.82, 2.24) is 19.2 Å². The molecule has 5 rings (SSSR count). The summed E-state index contributed by atoms with van der Waals surface area (Å²) in [5, 5.41) is 5.64. The second-order valence-corrected chi connectivity index (χ2v) is 8.63. The van der Waals surface area contributed by atoms with Gasteiger partial charge in [-0.15, -0.1) is 5.10 Å². The van der Waals surface area contributed by atoms with Crippen LogP contribution in [0.4, 0.5) is 5.69 Å². The van der Waals surface area contributed by atoms with E-state index in [9.17, 15) is 0 Å². The standard InChI is InChI=1S/C24H24ClN5OS/c25-20-9-4-5-10-21(20)28-14-12-27(13-15-28)18-30-24(32)29(17-19-7-2-1-3-8-19)23(26-30)22-11-6-16-31-22/h1-11,16H,12-15,17-18H2. The summed E-state index contributed by atoms with van der Waals surface area (Å²) >= 11 is 12.2. The molecule has 0 bridgehead atoms. The Balaban J connectivity index is 1.35. The van der Waals surface area contributed by atoms with Crippen molar-refractivity contribution in [3.8, 4) is 11.6 Å². The number of para-hydroxylation sites is 1. The Bertz CT molecular complexity index is 1230. The molecule has 1 aliphatic heterocycles. The van der Waals surface area contributed by atoms with E-state index in [4.69, 9.17) is 33.3 Å². The topological polar surface area (TPSA) is 42.4 Å². The molecule has 0 saturated carbocycles. The predicted molar refractivity (Wildman–Crippen MR) is 130 cm³/mol. The number of piperazine rings is 1. The number of furan rings is 1. The molecule has 4 aromatic rings. The van der Waals surface area contributed by atoms with Gasteiger partial charge in [0, 0.05) is 26.2 Å². The van der Waals surface area contributed by atoms with Gasteiger partial charge in [0.15, 0.2) is 16.4 Å². The van der Waals surface area contributed by atoms with Crippen molar-refractivity contribution in [2.75, 3.05) is 31.1 Å². The lowest BCUT2D eigenvalue weighted by Gasteiger charge is -2.36. The summed E-state index contributed by atoms with van der Waals surface area (Å²) in [6, 6.07) is 22.1. The van der Waals surface area contributed by atoms with Gasteiger partial charge in [-0.25, -0.2) is 4.68 Å².